The molecule has 1 fully saturated rings. The SMILES string of the molecule is O=C1CC(C(=O)N[C@@H]2CC[C@@H](C(=O)NCc3ccc(C(F)(F)F)cc3)OC2)Oc2ccc(Cl)cc21. The van der Waals surface area contributed by atoms with Gasteiger partial charge in [0, 0.05) is 11.6 Å². The molecule has 2 heterocycles. The first-order valence-corrected chi connectivity index (χ1v) is 11.3. The number of amides is 2. The zero-order chi connectivity index (χ0) is 25.2. The van der Waals surface area contributed by atoms with Crippen LogP contribution in [0, 0.1) is 0 Å². The van der Waals surface area contributed by atoms with Crippen LogP contribution >= 0.6 is 11.6 Å². The molecule has 0 aliphatic carbocycles. The Kier molecular flexibility index (Phi) is 7.32. The molecule has 0 aromatic heterocycles. The molecule has 1 unspecified atom stereocenters. The fraction of sp³-hybridized carbons (Fsp3) is 0.375. The van der Waals surface area contributed by atoms with Gasteiger partial charge in [0.15, 0.2) is 11.9 Å². The lowest BCUT2D eigenvalue weighted by atomic mass is 9.99. The maximum absolute atomic E-state index is 12.6. The summed E-state index contributed by atoms with van der Waals surface area (Å²) in [5, 5.41) is 5.85. The number of carbonyl (C=O) groups excluding carboxylic acids is 3. The van der Waals surface area contributed by atoms with Crippen LogP contribution in [0.5, 0.6) is 5.75 Å². The Morgan fingerprint density at radius 3 is 2.43 bits per heavy atom. The van der Waals surface area contributed by atoms with Crippen molar-refractivity contribution in [1.82, 2.24) is 10.6 Å². The van der Waals surface area contributed by atoms with E-state index in [1.54, 1.807) is 12.1 Å². The van der Waals surface area contributed by atoms with Crippen molar-refractivity contribution in [3.8, 4) is 5.75 Å². The molecule has 4 rings (SSSR count). The quantitative estimate of drug-likeness (QED) is 0.640. The Morgan fingerprint density at radius 2 is 1.77 bits per heavy atom. The van der Waals surface area contributed by atoms with E-state index in [2.05, 4.69) is 10.6 Å². The number of alkyl halides is 3. The molecule has 0 bridgehead atoms. The number of carbonyl (C=O) groups is 3. The standard InChI is InChI=1S/C24H22ClF3N2O5/c25-15-5-7-19-17(9-15)18(31)10-21(35-19)23(33)30-16-6-8-20(34-12-16)22(32)29-11-13-1-3-14(4-2-13)24(26,27)28/h1-5,7,9,16,20-21H,6,8,10-12H2,(H,29,32)(H,30,33)/t16-,20+,21?/m1/s1. The van der Waals surface area contributed by atoms with E-state index in [1.165, 1.54) is 18.2 Å². The van der Waals surface area contributed by atoms with Gasteiger partial charge in [-0.15, -0.1) is 0 Å². The van der Waals surface area contributed by atoms with Gasteiger partial charge >= 0.3 is 6.18 Å². The van der Waals surface area contributed by atoms with Gasteiger partial charge in [-0.2, -0.15) is 13.2 Å². The molecule has 2 aliphatic heterocycles. The Labute approximate surface area is 203 Å². The molecule has 2 amide bonds. The molecule has 7 nitrogen and oxygen atoms in total. The number of fused-ring (bicyclic) bond motifs is 1. The van der Waals surface area contributed by atoms with Gasteiger partial charge in [0.05, 0.1) is 30.2 Å². The summed E-state index contributed by atoms with van der Waals surface area (Å²) < 4.78 is 49.2. The average molecular weight is 511 g/mol. The molecule has 3 atom stereocenters. The molecule has 11 heteroatoms. The largest absolute Gasteiger partial charge is 0.479 e. The normalized spacial score (nSPS) is 22.1. The second kappa shape index (κ2) is 10.2. The minimum Gasteiger partial charge on any atom is -0.479 e. The number of Topliss-reactive ketones (excluding diaryl/α,β-unsaturated/α-hetero) is 1. The number of benzene rings is 2. The van der Waals surface area contributed by atoms with Crippen molar-refractivity contribution in [3.05, 3.63) is 64.2 Å². The van der Waals surface area contributed by atoms with Crippen molar-refractivity contribution < 1.29 is 37.0 Å². The van der Waals surface area contributed by atoms with Gasteiger partial charge in [-0.1, -0.05) is 23.7 Å². The first-order chi connectivity index (χ1) is 16.6. The van der Waals surface area contributed by atoms with Crippen LogP contribution in [0.25, 0.3) is 0 Å². The third kappa shape index (κ3) is 6.12. The van der Waals surface area contributed by atoms with Crippen LogP contribution in [0.4, 0.5) is 13.2 Å². The molecule has 2 aliphatic rings. The minimum atomic E-state index is -4.42. The van der Waals surface area contributed by atoms with E-state index < -0.39 is 29.9 Å². The average Bonchev–Trinajstić information content (AvgIpc) is 2.83. The van der Waals surface area contributed by atoms with Crippen molar-refractivity contribution >= 4 is 29.2 Å². The molecular weight excluding hydrogens is 489 g/mol. The van der Waals surface area contributed by atoms with Crippen LogP contribution in [-0.4, -0.2) is 42.5 Å². The summed E-state index contributed by atoms with van der Waals surface area (Å²) in [6, 6.07) is 8.81. The van der Waals surface area contributed by atoms with Gasteiger partial charge in [-0.3, -0.25) is 14.4 Å². The van der Waals surface area contributed by atoms with Crippen molar-refractivity contribution in [2.75, 3.05) is 6.61 Å². The fourth-order valence-corrected chi connectivity index (χ4v) is 4.10. The summed E-state index contributed by atoms with van der Waals surface area (Å²) in [6.45, 7) is 0.160. The number of nitrogens with one attached hydrogen (secondary N) is 2. The maximum Gasteiger partial charge on any atom is 0.416 e. The smallest absolute Gasteiger partial charge is 0.416 e. The van der Waals surface area contributed by atoms with Gasteiger partial charge in [0.2, 0.25) is 5.91 Å². The molecule has 0 saturated carbocycles. The maximum atomic E-state index is 12.6. The van der Waals surface area contributed by atoms with Gasteiger partial charge in [-0.05, 0) is 48.7 Å². The summed E-state index contributed by atoms with van der Waals surface area (Å²) in [7, 11) is 0. The van der Waals surface area contributed by atoms with Gasteiger partial charge in [-0.25, -0.2) is 0 Å². The second-order valence-corrected chi connectivity index (χ2v) is 8.83. The highest BCUT2D eigenvalue weighted by Crippen LogP contribution is 2.31. The van der Waals surface area contributed by atoms with Crippen molar-refractivity contribution in [2.45, 2.75) is 50.2 Å². The minimum absolute atomic E-state index is 0.0662. The second-order valence-electron chi connectivity index (χ2n) is 8.39. The molecule has 2 aromatic carbocycles. The Bertz CT molecular complexity index is 1120. The first-order valence-electron chi connectivity index (χ1n) is 11.0. The predicted molar refractivity (Wildman–Crippen MR) is 119 cm³/mol. The fourth-order valence-electron chi connectivity index (χ4n) is 3.92. The predicted octanol–water partition coefficient (Wildman–Crippen LogP) is 3.67. The van der Waals surface area contributed by atoms with Gasteiger partial charge in [0.25, 0.3) is 5.91 Å². The van der Waals surface area contributed by atoms with Gasteiger partial charge in [0.1, 0.15) is 11.9 Å². The highest BCUT2D eigenvalue weighted by atomic mass is 35.5. The van der Waals surface area contributed by atoms with Gasteiger partial charge < -0.3 is 20.1 Å². The zero-order valence-electron chi connectivity index (χ0n) is 18.4. The van der Waals surface area contributed by atoms with E-state index in [1.807, 2.05) is 0 Å². The van der Waals surface area contributed by atoms with E-state index in [4.69, 9.17) is 21.1 Å². The lowest BCUT2D eigenvalue weighted by Crippen LogP contribution is -2.51. The Balaban J connectivity index is 1.22. The van der Waals surface area contributed by atoms with Crippen LogP contribution in [0.3, 0.4) is 0 Å². The molecular formula is C24H22ClF3N2O5. The lowest BCUT2D eigenvalue weighted by Gasteiger charge is -2.31. The van der Waals surface area contributed by atoms with E-state index in [0.717, 1.165) is 12.1 Å². The van der Waals surface area contributed by atoms with Crippen LogP contribution in [0.15, 0.2) is 42.5 Å². The summed E-state index contributed by atoms with van der Waals surface area (Å²) in [5.41, 5.74) is 0.110. The molecule has 2 aromatic rings. The zero-order valence-corrected chi connectivity index (χ0v) is 19.1. The molecule has 2 N–H and O–H groups in total. The number of hydrogen-bond acceptors (Lipinski definition) is 5. The molecule has 186 valence electrons. The molecule has 1 saturated heterocycles. The Hall–Kier alpha value is -3.11. The number of rotatable bonds is 5. The summed E-state index contributed by atoms with van der Waals surface area (Å²) in [4.78, 5) is 37.4. The molecule has 0 spiro atoms. The van der Waals surface area contributed by atoms with E-state index in [9.17, 15) is 27.6 Å². The van der Waals surface area contributed by atoms with Crippen LogP contribution in [0.1, 0.15) is 40.7 Å². The third-order valence-corrected chi connectivity index (χ3v) is 6.07. The number of halogens is 4. The number of ether oxygens (including phenoxy) is 2. The van der Waals surface area contributed by atoms with Crippen molar-refractivity contribution in [1.29, 1.82) is 0 Å². The van der Waals surface area contributed by atoms with Crippen molar-refractivity contribution in [3.63, 3.8) is 0 Å². The van der Waals surface area contributed by atoms with E-state index >= 15 is 0 Å². The molecule has 35 heavy (non-hydrogen) atoms. The third-order valence-electron chi connectivity index (χ3n) is 5.84. The Morgan fingerprint density at radius 1 is 1.03 bits per heavy atom. The summed E-state index contributed by atoms with van der Waals surface area (Å²) in [5.74, 6) is -0.766. The van der Waals surface area contributed by atoms with Crippen LogP contribution < -0.4 is 15.4 Å². The van der Waals surface area contributed by atoms with E-state index in [-0.39, 0.29) is 37.3 Å². The number of hydrogen-bond donors (Lipinski definition) is 2. The summed E-state index contributed by atoms with van der Waals surface area (Å²) in [6.07, 6.45) is -5.42. The van der Waals surface area contributed by atoms with Crippen LogP contribution in [0.2, 0.25) is 5.02 Å². The highest BCUT2D eigenvalue weighted by molar-refractivity contribution is 6.31. The van der Waals surface area contributed by atoms with Crippen molar-refractivity contribution in [2.24, 2.45) is 0 Å². The lowest BCUT2D eigenvalue weighted by molar-refractivity contribution is -0.139. The molecule has 0 radical (unpaired) electrons. The first kappa shape index (κ1) is 25.0. The number of ketones is 1. The topological polar surface area (TPSA) is 93.7 Å². The van der Waals surface area contributed by atoms with E-state index in [0.29, 0.717) is 34.7 Å². The summed E-state index contributed by atoms with van der Waals surface area (Å²) >= 11 is 5.91. The monoisotopic (exact) mass is 510 g/mol. The van der Waals surface area contributed by atoms with Crippen LogP contribution in [-0.2, 0) is 27.0 Å². The highest BCUT2D eigenvalue weighted by Gasteiger charge is 2.34.